The number of nitrogens with one attached hydrogen (secondary N) is 1. The molecule has 0 saturated carbocycles. The lowest BCUT2D eigenvalue weighted by Crippen LogP contribution is -2.51. The standard InChI is InChI=1S/C25H39N5O10/c1-2-40-24-21(22(36)23(24)37)26-5-3-4-18(25(38)39)30-12-10-27(14-15-31)6-7-28(16-19(32)33)8-9-29(11-13-30)17-20(34)35/h15,18,26H,2-14,16-17H2,1H3,(H,32,33)(H,34,35)(H,38,39). The molecule has 15 nitrogen and oxygen atoms in total. The van der Waals surface area contributed by atoms with E-state index in [1.54, 1.807) is 21.6 Å². The van der Waals surface area contributed by atoms with Crippen molar-refractivity contribution in [2.45, 2.75) is 25.8 Å². The van der Waals surface area contributed by atoms with Gasteiger partial charge in [0.25, 0.3) is 10.9 Å². The Balaban J connectivity index is 2.12. The molecule has 1 heterocycles. The highest BCUT2D eigenvalue weighted by atomic mass is 16.5. The summed E-state index contributed by atoms with van der Waals surface area (Å²) in [6.07, 6.45) is 1.31. The fourth-order valence-corrected chi connectivity index (χ4v) is 4.64. The summed E-state index contributed by atoms with van der Waals surface area (Å²) >= 11 is 0. The quantitative estimate of drug-likeness (QED) is 0.102. The molecule has 2 rings (SSSR count). The molecule has 224 valence electrons. The maximum atomic E-state index is 12.3. The summed E-state index contributed by atoms with van der Waals surface area (Å²) in [5.74, 6) is -3.13. The van der Waals surface area contributed by atoms with E-state index in [0.29, 0.717) is 32.6 Å². The van der Waals surface area contributed by atoms with Crippen molar-refractivity contribution >= 4 is 29.9 Å². The predicted molar refractivity (Wildman–Crippen MR) is 144 cm³/mol. The number of rotatable bonds is 15. The van der Waals surface area contributed by atoms with Crippen LogP contribution < -0.4 is 20.9 Å². The number of hydrogen-bond donors (Lipinski definition) is 4. The summed E-state index contributed by atoms with van der Waals surface area (Å²) < 4.78 is 5.18. The summed E-state index contributed by atoms with van der Waals surface area (Å²) in [7, 11) is 0. The number of carbonyl (C=O) groups excluding carboxylic acids is 1. The molecule has 1 aliphatic rings. The number of carboxylic acids is 3. The van der Waals surface area contributed by atoms with Crippen LogP contribution in [-0.2, 0) is 19.2 Å². The lowest BCUT2D eigenvalue weighted by Gasteiger charge is -2.35. The maximum Gasteiger partial charge on any atom is 0.320 e. The second-order valence-corrected chi connectivity index (χ2v) is 9.56. The van der Waals surface area contributed by atoms with Crippen molar-refractivity contribution < 1.29 is 39.2 Å². The van der Waals surface area contributed by atoms with Gasteiger partial charge < -0.3 is 30.2 Å². The largest absolute Gasteiger partial charge is 0.488 e. The van der Waals surface area contributed by atoms with Gasteiger partial charge >= 0.3 is 17.9 Å². The zero-order chi connectivity index (χ0) is 29.7. The molecule has 0 bridgehead atoms. The zero-order valence-electron chi connectivity index (χ0n) is 22.7. The van der Waals surface area contributed by atoms with Crippen molar-refractivity contribution in [1.29, 1.82) is 0 Å². The van der Waals surface area contributed by atoms with Gasteiger partial charge in [-0.3, -0.25) is 43.6 Å². The van der Waals surface area contributed by atoms with E-state index in [0.717, 1.165) is 6.29 Å². The summed E-state index contributed by atoms with van der Waals surface area (Å²) in [5, 5.41) is 31.5. The summed E-state index contributed by atoms with van der Waals surface area (Å²) in [6, 6.07) is -0.919. The van der Waals surface area contributed by atoms with Crippen LogP contribution in [0.1, 0.15) is 19.8 Å². The van der Waals surface area contributed by atoms with E-state index in [4.69, 9.17) is 4.74 Å². The molecule has 0 aromatic heterocycles. The molecule has 0 radical (unpaired) electrons. The molecule has 40 heavy (non-hydrogen) atoms. The monoisotopic (exact) mass is 569 g/mol. The smallest absolute Gasteiger partial charge is 0.320 e. The van der Waals surface area contributed by atoms with Gasteiger partial charge in [-0.25, -0.2) is 0 Å². The molecular weight excluding hydrogens is 530 g/mol. The molecule has 1 aliphatic heterocycles. The fraction of sp³-hybridized carbons (Fsp3) is 0.680. The van der Waals surface area contributed by atoms with Gasteiger partial charge in [-0.05, 0) is 19.8 Å². The number of aliphatic carboxylic acids is 3. The van der Waals surface area contributed by atoms with Gasteiger partial charge in [0.1, 0.15) is 18.0 Å². The molecule has 1 fully saturated rings. The molecule has 1 atom stereocenters. The summed E-state index contributed by atoms with van der Waals surface area (Å²) in [6.45, 7) is 4.15. The second kappa shape index (κ2) is 16.6. The Morgan fingerprint density at radius 2 is 1.40 bits per heavy atom. The number of ether oxygens (including phenoxy) is 1. The Morgan fingerprint density at radius 3 is 1.90 bits per heavy atom. The molecule has 1 saturated heterocycles. The number of aldehydes is 1. The Bertz CT molecular complexity index is 1070. The summed E-state index contributed by atoms with van der Waals surface area (Å²) in [4.78, 5) is 76.7. The molecule has 15 heteroatoms. The Hall–Kier alpha value is -3.40. The first-order valence-electron chi connectivity index (χ1n) is 13.3. The first-order valence-corrected chi connectivity index (χ1v) is 13.3. The van der Waals surface area contributed by atoms with Crippen LogP contribution >= 0.6 is 0 Å². The van der Waals surface area contributed by atoms with E-state index >= 15 is 0 Å². The van der Waals surface area contributed by atoms with Crippen molar-refractivity contribution in [2.75, 3.05) is 90.5 Å². The first kappa shape index (κ1) is 32.8. The lowest BCUT2D eigenvalue weighted by atomic mass is 10.1. The molecule has 0 spiro atoms. The van der Waals surface area contributed by atoms with Crippen LogP contribution in [0, 0.1) is 0 Å². The van der Waals surface area contributed by atoms with Gasteiger partial charge in [-0.2, -0.15) is 0 Å². The summed E-state index contributed by atoms with van der Waals surface area (Å²) in [5.41, 5.74) is -1.27. The van der Waals surface area contributed by atoms with Gasteiger partial charge in [-0.1, -0.05) is 0 Å². The number of anilines is 1. The van der Waals surface area contributed by atoms with Crippen molar-refractivity contribution in [3.8, 4) is 5.75 Å². The number of carboxylic acid groups (broad SMARTS) is 3. The van der Waals surface area contributed by atoms with Crippen LogP contribution in [0.4, 0.5) is 5.69 Å². The highest BCUT2D eigenvalue weighted by molar-refractivity contribution is 5.73. The van der Waals surface area contributed by atoms with Crippen molar-refractivity contribution in [1.82, 2.24) is 19.6 Å². The van der Waals surface area contributed by atoms with E-state index in [2.05, 4.69) is 5.32 Å². The van der Waals surface area contributed by atoms with E-state index in [-0.39, 0.29) is 76.8 Å². The van der Waals surface area contributed by atoms with Gasteiger partial charge in [0.15, 0.2) is 5.75 Å². The minimum Gasteiger partial charge on any atom is -0.488 e. The van der Waals surface area contributed by atoms with Gasteiger partial charge in [0.05, 0.1) is 26.2 Å². The molecule has 1 aromatic rings. The number of carbonyl (C=O) groups is 4. The van der Waals surface area contributed by atoms with Crippen molar-refractivity contribution in [3.63, 3.8) is 0 Å². The molecule has 1 aromatic carbocycles. The van der Waals surface area contributed by atoms with E-state index < -0.39 is 34.8 Å². The van der Waals surface area contributed by atoms with Gasteiger partial charge in [0, 0.05) is 58.9 Å². The Kier molecular flexibility index (Phi) is 13.7. The molecule has 0 aliphatic carbocycles. The zero-order valence-corrected chi connectivity index (χ0v) is 22.7. The maximum absolute atomic E-state index is 12.3. The van der Waals surface area contributed by atoms with Crippen LogP contribution in [0.2, 0.25) is 0 Å². The molecule has 4 N–H and O–H groups in total. The van der Waals surface area contributed by atoms with E-state index in [1.165, 1.54) is 0 Å². The van der Waals surface area contributed by atoms with E-state index in [1.807, 2.05) is 4.90 Å². The van der Waals surface area contributed by atoms with Crippen LogP contribution in [-0.4, -0.2) is 150 Å². The lowest BCUT2D eigenvalue weighted by molar-refractivity contribution is -0.144. The second-order valence-electron chi connectivity index (χ2n) is 9.56. The third kappa shape index (κ3) is 10.3. The normalized spacial score (nSPS) is 17.9. The molecular formula is C25H39N5O10. The fourth-order valence-electron chi connectivity index (χ4n) is 4.64. The van der Waals surface area contributed by atoms with Crippen molar-refractivity contribution in [2.24, 2.45) is 0 Å². The predicted octanol–water partition coefficient (Wildman–Crippen LogP) is -2.08. The van der Waals surface area contributed by atoms with Crippen molar-refractivity contribution in [3.05, 3.63) is 20.4 Å². The highest BCUT2D eigenvalue weighted by Gasteiger charge is 2.28. The van der Waals surface area contributed by atoms with Crippen LogP contribution in [0.15, 0.2) is 9.59 Å². The van der Waals surface area contributed by atoms with Crippen LogP contribution in [0.25, 0.3) is 0 Å². The molecule has 0 amide bonds. The SMILES string of the molecule is CCOc1c(NCCCC(C(=O)O)N2CCN(CC=O)CCN(CC(=O)O)CCN(CC(=O)O)CC2)c(=O)c1=O. The number of hydrogen-bond acceptors (Lipinski definition) is 12. The third-order valence-corrected chi connectivity index (χ3v) is 6.76. The minimum absolute atomic E-state index is 0.0129. The average molecular weight is 570 g/mol. The minimum atomic E-state index is -1.06. The number of nitrogens with zero attached hydrogens (tertiary/aromatic N) is 4. The topological polar surface area (TPSA) is 197 Å². The first-order chi connectivity index (χ1) is 19.1. The highest BCUT2D eigenvalue weighted by Crippen LogP contribution is 2.18. The average Bonchev–Trinajstić information content (AvgIpc) is 2.89. The third-order valence-electron chi connectivity index (χ3n) is 6.76. The van der Waals surface area contributed by atoms with Crippen LogP contribution in [0.3, 0.4) is 0 Å². The molecule has 1 unspecified atom stereocenters. The van der Waals surface area contributed by atoms with Crippen LogP contribution in [0.5, 0.6) is 5.75 Å². The van der Waals surface area contributed by atoms with Gasteiger partial charge in [0.2, 0.25) is 0 Å². The Morgan fingerprint density at radius 1 is 0.875 bits per heavy atom. The van der Waals surface area contributed by atoms with Gasteiger partial charge in [-0.15, -0.1) is 0 Å². The van der Waals surface area contributed by atoms with E-state index in [9.17, 15) is 44.1 Å². The Labute approximate surface area is 231 Å².